The van der Waals surface area contributed by atoms with Crippen LogP contribution in [0.3, 0.4) is 0 Å². The summed E-state index contributed by atoms with van der Waals surface area (Å²) < 4.78 is 11.0. The Labute approximate surface area is 160 Å². The highest BCUT2D eigenvalue weighted by atomic mass is 16.6. The summed E-state index contributed by atoms with van der Waals surface area (Å²) in [6, 6.07) is 18.4. The van der Waals surface area contributed by atoms with Crippen LogP contribution in [0.1, 0.15) is 16.9 Å². The van der Waals surface area contributed by atoms with Crippen LogP contribution < -0.4 is 4.74 Å². The fraction of sp³-hybridized carbons (Fsp3) is 0.0476. The predicted octanol–water partition coefficient (Wildman–Crippen LogP) is 4.80. The van der Waals surface area contributed by atoms with Gasteiger partial charge in [0.1, 0.15) is 17.3 Å². The summed E-state index contributed by atoms with van der Waals surface area (Å²) in [6.07, 6.45) is 1.59. The van der Waals surface area contributed by atoms with Gasteiger partial charge in [-0.05, 0) is 42.0 Å². The molecule has 0 unspecified atom stereocenters. The number of nitro benzene ring substituents is 1. The number of nitriles is 2. The van der Waals surface area contributed by atoms with E-state index in [0.29, 0.717) is 39.5 Å². The Bertz CT molecular complexity index is 1150. The van der Waals surface area contributed by atoms with Crippen molar-refractivity contribution in [3.05, 3.63) is 81.6 Å². The lowest BCUT2D eigenvalue weighted by atomic mass is 10.0. The monoisotopic (exact) mass is 371 g/mol. The topological polar surface area (TPSA) is 113 Å². The molecule has 3 aromatic rings. The lowest BCUT2D eigenvalue weighted by Crippen LogP contribution is -1.92. The van der Waals surface area contributed by atoms with E-state index in [1.165, 1.54) is 19.2 Å². The van der Waals surface area contributed by atoms with Crippen LogP contribution in [0.2, 0.25) is 0 Å². The molecular weight excluding hydrogens is 358 g/mol. The Morgan fingerprint density at radius 3 is 2.50 bits per heavy atom. The molecule has 0 saturated carbocycles. The Hall–Kier alpha value is -4.36. The SMILES string of the molecule is COc1cc([N+](=O)[O-])ccc1-c1ccc(/C=C(\C#N)c2ccc(C#N)cc2)o1. The lowest BCUT2D eigenvalue weighted by Gasteiger charge is -2.05. The molecule has 0 spiro atoms. The van der Waals surface area contributed by atoms with E-state index >= 15 is 0 Å². The second-order valence-electron chi connectivity index (χ2n) is 5.70. The number of allylic oxidation sites excluding steroid dienone is 1. The predicted molar refractivity (Wildman–Crippen MR) is 102 cm³/mol. The number of nitrogens with zero attached hydrogens (tertiary/aromatic N) is 3. The second-order valence-corrected chi connectivity index (χ2v) is 5.70. The Morgan fingerprint density at radius 2 is 1.89 bits per heavy atom. The van der Waals surface area contributed by atoms with Crippen LogP contribution in [0.15, 0.2) is 59.0 Å². The molecule has 0 saturated heterocycles. The maximum absolute atomic E-state index is 10.9. The largest absolute Gasteiger partial charge is 0.496 e. The van der Waals surface area contributed by atoms with Crippen LogP contribution in [0, 0.1) is 32.8 Å². The van der Waals surface area contributed by atoms with Crippen molar-refractivity contribution in [2.45, 2.75) is 0 Å². The van der Waals surface area contributed by atoms with Gasteiger partial charge in [-0.3, -0.25) is 10.1 Å². The number of hydrogen-bond donors (Lipinski definition) is 0. The zero-order valence-electron chi connectivity index (χ0n) is 14.7. The summed E-state index contributed by atoms with van der Waals surface area (Å²) in [5, 5.41) is 29.2. The smallest absolute Gasteiger partial charge is 0.273 e. The lowest BCUT2D eigenvalue weighted by molar-refractivity contribution is -0.384. The molecule has 7 nitrogen and oxygen atoms in total. The van der Waals surface area contributed by atoms with E-state index in [0.717, 1.165) is 0 Å². The summed E-state index contributed by atoms with van der Waals surface area (Å²) >= 11 is 0. The van der Waals surface area contributed by atoms with Crippen molar-refractivity contribution in [2.75, 3.05) is 7.11 Å². The fourth-order valence-corrected chi connectivity index (χ4v) is 2.62. The minimum absolute atomic E-state index is 0.0835. The number of hydrogen-bond acceptors (Lipinski definition) is 6. The molecule has 7 heteroatoms. The first-order valence-electron chi connectivity index (χ1n) is 8.10. The van der Waals surface area contributed by atoms with E-state index in [-0.39, 0.29) is 5.69 Å². The van der Waals surface area contributed by atoms with Crippen LogP contribution in [-0.4, -0.2) is 12.0 Å². The van der Waals surface area contributed by atoms with Crippen molar-refractivity contribution in [2.24, 2.45) is 0 Å². The van der Waals surface area contributed by atoms with E-state index in [2.05, 4.69) is 6.07 Å². The van der Waals surface area contributed by atoms with E-state index in [1.54, 1.807) is 48.5 Å². The van der Waals surface area contributed by atoms with Gasteiger partial charge < -0.3 is 9.15 Å². The first-order chi connectivity index (χ1) is 13.5. The third-order valence-corrected chi connectivity index (χ3v) is 4.02. The molecule has 2 aromatic carbocycles. The highest BCUT2D eigenvalue weighted by Gasteiger charge is 2.15. The molecule has 28 heavy (non-hydrogen) atoms. The van der Waals surface area contributed by atoms with Crippen LogP contribution in [-0.2, 0) is 0 Å². The number of rotatable bonds is 5. The summed E-state index contributed by atoms with van der Waals surface area (Å²) in [6.45, 7) is 0. The summed E-state index contributed by atoms with van der Waals surface area (Å²) in [4.78, 5) is 10.4. The van der Waals surface area contributed by atoms with E-state index in [9.17, 15) is 15.4 Å². The Kier molecular flexibility index (Phi) is 5.20. The molecule has 0 aliphatic heterocycles. The van der Waals surface area contributed by atoms with Gasteiger partial charge in [0.25, 0.3) is 5.69 Å². The third kappa shape index (κ3) is 3.74. The van der Waals surface area contributed by atoms with Crippen molar-refractivity contribution >= 4 is 17.3 Å². The van der Waals surface area contributed by atoms with Gasteiger partial charge in [-0.1, -0.05) is 12.1 Å². The number of methoxy groups -OCH3 is 1. The van der Waals surface area contributed by atoms with Gasteiger partial charge in [-0.15, -0.1) is 0 Å². The molecule has 0 aliphatic carbocycles. The Balaban J connectivity index is 1.95. The number of ether oxygens (including phenoxy) is 1. The molecule has 0 N–H and O–H groups in total. The maximum Gasteiger partial charge on any atom is 0.273 e. The van der Waals surface area contributed by atoms with Gasteiger partial charge in [0.05, 0.1) is 46.9 Å². The normalized spacial score (nSPS) is 10.8. The van der Waals surface area contributed by atoms with Crippen LogP contribution in [0.5, 0.6) is 5.75 Å². The van der Waals surface area contributed by atoms with Crippen molar-refractivity contribution < 1.29 is 14.1 Å². The van der Waals surface area contributed by atoms with E-state index < -0.39 is 4.92 Å². The van der Waals surface area contributed by atoms with Crippen LogP contribution in [0.25, 0.3) is 23.0 Å². The molecule has 0 aliphatic rings. The average Bonchev–Trinajstić information content (AvgIpc) is 3.20. The quantitative estimate of drug-likeness (QED) is 0.362. The molecule has 1 aromatic heterocycles. The number of non-ortho nitro benzene ring substituents is 1. The molecule has 1 heterocycles. The summed E-state index contributed by atoms with van der Waals surface area (Å²) in [5.74, 6) is 1.21. The number of furan rings is 1. The van der Waals surface area contributed by atoms with Gasteiger partial charge >= 0.3 is 0 Å². The molecule has 136 valence electrons. The zero-order chi connectivity index (χ0) is 20.1. The Morgan fingerprint density at radius 1 is 1.14 bits per heavy atom. The van der Waals surface area contributed by atoms with Crippen molar-refractivity contribution in [1.29, 1.82) is 10.5 Å². The first kappa shape index (κ1) is 18.4. The van der Waals surface area contributed by atoms with Crippen molar-refractivity contribution in [3.63, 3.8) is 0 Å². The van der Waals surface area contributed by atoms with Gasteiger partial charge in [0.15, 0.2) is 0 Å². The van der Waals surface area contributed by atoms with Gasteiger partial charge in [0, 0.05) is 6.07 Å². The second kappa shape index (κ2) is 7.90. The fourth-order valence-electron chi connectivity index (χ4n) is 2.62. The van der Waals surface area contributed by atoms with Crippen molar-refractivity contribution in [1.82, 2.24) is 0 Å². The van der Waals surface area contributed by atoms with E-state index in [4.69, 9.17) is 14.4 Å². The molecular formula is C21H13N3O4. The average molecular weight is 371 g/mol. The molecule has 3 rings (SSSR count). The number of nitro groups is 1. The van der Waals surface area contributed by atoms with Crippen LogP contribution >= 0.6 is 0 Å². The molecule has 0 amide bonds. The van der Waals surface area contributed by atoms with Gasteiger partial charge in [-0.25, -0.2) is 0 Å². The molecule has 0 fully saturated rings. The molecule has 0 atom stereocenters. The highest BCUT2D eigenvalue weighted by molar-refractivity contribution is 5.89. The highest BCUT2D eigenvalue weighted by Crippen LogP contribution is 2.34. The molecule has 0 radical (unpaired) electrons. The summed E-state index contributed by atoms with van der Waals surface area (Å²) in [5.41, 5.74) is 2.02. The van der Waals surface area contributed by atoms with E-state index in [1.807, 2.05) is 6.07 Å². The first-order valence-corrected chi connectivity index (χ1v) is 8.10. The minimum Gasteiger partial charge on any atom is -0.496 e. The van der Waals surface area contributed by atoms with Gasteiger partial charge in [-0.2, -0.15) is 10.5 Å². The standard InChI is InChI=1S/C21H13N3O4/c1-27-21-11-17(24(25)26)6-8-19(21)20-9-7-18(28-20)10-16(13-23)15-4-2-14(12-22)3-5-15/h2-11H,1H3/b16-10+. The van der Waals surface area contributed by atoms with Crippen molar-refractivity contribution in [3.8, 4) is 29.2 Å². The minimum atomic E-state index is -0.501. The van der Waals surface area contributed by atoms with Gasteiger partial charge in [0.2, 0.25) is 0 Å². The summed E-state index contributed by atoms with van der Waals surface area (Å²) in [7, 11) is 1.42. The maximum atomic E-state index is 10.9. The number of benzene rings is 2. The third-order valence-electron chi connectivity index (χ3n) is 4.02. The zero-order valence-corrected chi connectivity index (χ0v) is 14.7. The van der Waals surface area contributed by atoms with Crippen LogP contribution in [0.4, 0.5) is 5.69 Å². The molecule has 0 bridgehead atoms.